The van der Waals surface area contributed by atoms with Crippen LogP contribution in [0.4, 0.5) is 17.6 Å². The summed E-state index contributed by atoms with van der Waals surface area (Å²) in [6, 6.07) is 10.7. The molecule has 6 nitrogen and oxygen atoms in total. The minimum Gasteiger partial charge on any atom is -0.463 e. The summed E-state index contributed by atoms with van der Waals surface area (Å²) in [7, 11) is 0. The predicted molar refractivity (Wildman–Crippen MR) is 93.3 cm³/mol. The van der Waals surface area contributed by atoms with Crippen LogP contribution in [0.2, 0.25) is 0 Å². The van der Waals surface area contributed by atoms with E-state index in [1.165, 1.54) is 36.6 Å². The third kappa shape index (κ3) is 3.68. The summed E-state index contributed by atoms with van der Waals surface area (Å²) >= 11 is 0. The normalized spacial score (nSPS) is 11.7. The van der Waals surface area contributed by atoms with Crippen LogP contribution in [0.15, 0.2) is 59.2 Å². The van der Waals surface area contributed by atoms with E-state index in [2.05, 4.69) is 15.4 Å². The molecule has 0 fully saturated rings. The smallest absolute Gasteiger partial charge is 0.433 e. The zero-order valence-electron chi connectivity index (χ0n) is 14.6. The van der Waals surface area contributed by atoms with Crippen molar-refractivity contribution in [1.82, 2.24) is 19.9 Å². The third-order valence-electron chi connectivity index (χ3n) is 4.12. The highest BCUT2D eigenvalue weighted by Crippen LogP contribution is 2.32. The lowest BCUT2D eigenvalue weighted by molar-refractivity contribution is -0.142. The van der Waals surface area contributed by atoms with Gasteiger partial charge in [0.2, 0.25) is 0 Å². The molecule has 0 saturated carbocycles. The van der Waals surface area contributed by atoms with E-state index in [-0.39, 0.29) is 34.9 Å². The van der Waals surface area contributed by atoms with E-state index in [0.717, 1.165) is 12.1 Å². The zero-order valence-corrected chi connectivity index (χ0v) is 14.6. The minimum atomic E-state index is -4.74. The maximum absolute atomic E-state index is 13.7. The van der Waals surface area contributed by atoms with E-state index in [9.17, 15) is 22.4 Å². The van der Waals surface area contributed by atoms with Crippen LogP contribution in [0.1, 0.15) is 21.7 Å². The molecule has 1 amide bonds. The van der Waals surface area contributed by atoms with Crippen molar-refractivity contribution in [3.63, 3.8) is 0 Å². The fourth-order valence-electron chi connectivity index (χ4n) is 2.75. The number of halogens is 4. The number of rotatable bonds is 4. The molecule has 0 aliphatic heterocycles. The molecule has 0 saturated heterocycles. The number of carbonyl (C=O) groups excluding carboxylic acids is 1. The summed E-state index contributed by atoms with van der Waals surface area (Å²) in [5.41, 5.74) is -1.38. The molecule has 0 radical (unpaired) electrons. The topological polar surface area (TPSA) is 72.4 Å². The average molecular weight is 404 g/mol. The summed E-state index contributed by atoms with van der Waals surface area (Å²) in [6.07, 6.45) is -3.43. The van der Waals surface area contributed by atoms with E-state index in [0.29, 0.717) is 4.52 Å². The lowest BCUT2D eigenvalue weighted by Crippen LogP contribution is -2.24. The van der Waals surface area contributed by atoms with Crippen LogP contribution in [0.3, 0.4) is 0 Å². The second-order valence-corrected chi connectivity index (χ2v) is 6.08. The SMILES string of the molecule is O=C(NCc1ccccc1F)c1cc2nc(-c3ccco3)cc(C(F)(F)F)n2n1. The summed E-state index contributed by atoms with van der Waals surface area (Å²) in [4.78, 5) is 16.4. The van der Waals surface area contributed by atoms with Gasteiger partial charge in [-0.1, -0.05) is 18.2 Å². The Morgan fingerprint density at radius 1 is 1.14 bits per heavy atom. The zero-order chi connectivity index (χ0) is 20.6. The molecule has 0 unspecified atom stereocenters. The van der Waals surface area contributed by atoms with Crippen molar-refractivity contribution >= 4 is 11.6 Å². The van der Waals surface area contributed by atoms with Gasteiger partial charge in [0, 0.05) is 18.2 Å². The molecular weight excluding hydrogens is 392 g/mol. The molecule has 4 rings (SSSR count). The fraction of sp³-hybridized carbons (Fsp3) is 0.105. The molecule has 0 spiro atoms. The fourth-order valence-corrected chi connectivity index (χ4v) is 2.75. The van der Waals surface area contributed by atoms with E-state index >= 15 is 0 Å². The molecule has 0 aliphatic rings. The van der Waals surface area contributed by atoms with Crippen LogP contribution in [0.5, 0.6) is 0 Å². The van der Waals surface area contributed by atoms with Gasteiger partial charge in [-0.05, 0) is 24.3 Å². The number of furan rings is 1. The molecule has 29 heavy (non-hydrogen) atoms. The molecule has 10 heteroatoms. The Morgan fingerprint density at radius 2 is 1.93 bits per heavy atom. The Morgan fingerprint density at radius 3 is 2.62 bits per heavy atom. The maximum Gasteiger partial charge on any atom is 0.433 e. The van der Waals surface area contributed by atoms with Gasteiger partial charge in [0.25, 0.3) is 5.91 Å². The molecule has 0 bridgehead atoms. The number of carbonyl (C=O) groups is 1. The Bertz CT molecular complexity index is 1180. The van der Waals surface area contributed by atoms with Crippen LogP contribution in [0.25, 0.3) is 17.1 Å². The van der Waals surface area contributed by atoms with Crippen molar-refractivity contribution in [3.05, 3.63) is 77.6 Å². The quantitative estimate of drug-likeness (QED) is 0.521. The largest absolute Gasteiger partial charge is 0.463 e. The maximum atomic E-state index is 13.7. The molecule has 0 aliphatic carbocycles. The summed E-state index contributed by atoms with van der Waals surface area (Å²) in [6.45, 7) is -0.142. The molecule has 148 valence electrons. The predicted octanol–water partition coefficient (Wildman–Crippen LogP) is 4.08. The van der Waals surface area contributed by atoms with Crippen LogP contribution in [-0.4, -0.2) is 20.5 Å². The van der Waals surface area contributed by atoms with Crippen molar-refractivity contribution in [3.8, 4) is 11.5 Å². The number of alkyl halides is 3. The van der Waals surface area contributed by atoms with Crippen LogP contribution in [-0.2, 0) is 12.7 Å². The van der Waals surface area contributed by atoms with Gasteiger partial charge < -0.3 is 9.73 Å². The van der Waals surface area contributed by atoms with Gasteiger partial charge in [-0.15, -0.1) is 0 Å². The molecule has 0 atom stereocenters. The molecule has 3 heterocycles. The van der Waals surface area contributed by atoms with Gasteiger partial charge in [-0.3, -0.25) is 4.79 Å². The van der Waals surface area contributed by atoms with Gasteiger partial charge >= 0.3 is 6.18 Å². The summed E-state index contributed by atoms with van der Waals surface area (Å²) in [5.74, 6) is -1.12. The van der Waals surface area contributed by atoms with E-state index in [1.54, 1.807) is 6.07 Å². The van der Waals surface area contributed by atoms with Crippen LogP contribution in [0, 0.1) is 5.82 Å². The number of hydrogen-bond donors (Lipinski definition) is 1. The van der Waals surface area contributed by atoms with E-state index in [4.69, 9.17) is 4.42 Å². The Hall–Kier alpha value is -3.69. The van der Waals surface area contributed by atoms with Crippen molar-refractivity contribution < 1.29 is 26.8 Å². The first-order valence-corrected chi connectivity index (χ1v) is 8.36. The molecule has 1 N–H and O–H groups in total. The lowest BCUT2D eigenvalue weighted by atomic mass is 10.2. The number of nitrogens with zero attached hydrogens (tertiary/aromatic N) is 3. The second-order valence-electron chi connectivity index (χ2n) is 6.08. The number of benzene rings is 1. The highest BCUT2D eigenvalue weighted by molar-refractivity contribution is 5.93. The average Bonchev–Trinajstić information content (AvgIpc) is 3.35. The minimum absolute atomic E-state index is 0.0481. The standard InChI is InChI=1S/C19H12F4N4O2/c20-12-5-2-1-4-11(12)10-24-18(28)14-9-17-25-13(15-6-3-7-29-15)8-16(19(21,22)23)27(17)26-14/h1-9H,10H2,(H,24,28). The number of amides is 1. The highest BCUT2D eigenvalue weighted by atomic mass is 19.4. The first-order chi connectivity index (χ1) is 13.8. The van der Waals surface area contributed by atoms with Gasteiger partial charge in [-0.2, -0.15) is 18.3 Å². The molecule has 4 aromatic rings. The van der Waals surface area contributed by atoms with Crippen molar-refractivity contribution in [1.29, 1.82) is 0 Å². The molecule has 1 aromatic carbocycles. The third-order valence-corrected chi connectivity index (χ3v) is 4.12. The first-order valence-electron chi connectivity index (χ1n) is 8.36. The number of nitrogens with one attached hydrogen (secondary N) is 1. The number of fused-ring (bicyclic) bond motifs is 1. The van der Waals surface area contributed by atoms with Crippen LogP contribution >= 0.6 is 0 Å². The van der Waals surface area contributed by atoms with Crippen molar-refractivity contribution in [2.24, 2.45) is 0 Å². The van der Waals surface area contributed by atoms with Crippen LogP contribution < -0.4 is 5.32 Å². The van der Waals surface area contributed by atoms with Crippen molar-refractivity contribution in [2.75, 3.05) is 0 Å². The number of hydrogen-bond acceptors (Lipinski definition) is 4. The van der Waals surface area contributed by atoms with Gasteiger partial charge in [0.15, 0.2) is 22.8 Å². The second kappa shape index (κ2) is 7.04. The summed E-state index contributed by atoms with van der Waals surface area (Å²) < 4.78 is 59.8. The number of aromatic nitrogens is 3. The monoisotopic (exact) mass is 404 g/mol. The highest BCUT2D eigenvalue weighted by Gasteiger charge is 2.36. The summed E-state index contributed by atoms with van der Waals surface area (Å²) in [5, 5.41) is 6.17. The Labute approximate surface area is 160 Å². The Kier molecular flexibility index (Phi) is 4.53. The molecular formula is C19H12F4N4O2. The van der Waals surface area contributed by atoms with Gasteiger partial charge in [0.1, 0.15) is 11.5 Å². The molecule has 3 aromatic heterocycles. The van der Waals surface area contributed by atoms with Gasteiger partial charge in [0.05, 0.1) is 6.26 Å². The lowest BCUT2D eigenvalue weighted by Gasteiger charge is -2.09. The van der Waals surface area contributed by atoms with E-state index in [1.807, 2.05) is 0 Å². The van der Waals surface area contributed by atoms with Crippen molar-refractivity contribution in [2.45, 2.75) is 12.7 Å². The van der Waals surface area contributed by atoms with E-state index < -0.39 is 23.6 Å². The first kappa shape index (κ1) is 18.7. The Balaban J connectivity index is 1.69. The van der Waals surface area contributed by atoms with Gasteiger partial charge in [-0.25, -0.2) is 13.9 Å².